The maximum absolute atomic E-state index is 13.6. The minimum absolute atomic E-state index is 0.270. The van der Waals surface area contributed by atoms with Gasteiger partial charge in [-0.15, -0.1) is 0 Å². The third-order valence-electron chi connectivity index (χ3n) is 3.97. The summed E-state index contributed by atoms with van der Waals surface area (Å²) in [4.78, 5) is 19.0. The fraction of sp³-hybridized carbons (Fsp3) is 0.500. The first-order chi connectivity index (χ1) is 11.0. The predicted molar refractivity (Wildman–Crippen MR) is 87.3 cm³/mol. The van der Waals surface area contributed by atoms with Gasteiger partial charge in [0.2, 0.25) is 5.95 Å². The SMILES string of the molecule is Cc1nc(CCNc2ncc(F)c(N(C)C)n2)nc2c1CCC2. The number of nitrogens with one attached hydrogen (secondary N) is 1. The second-order valence-corrected chi connectivity index (χ2v) is 5.94. The molecule has 0 saturated heterocycles. The molecule has 3 rings (SSSR count). The van der Waals surface area contributed by atoms with Crippen molar-refractivity contribution in [2.24, 2.45) is 0 Å². The first-order valence-electron chi connectivity index (χ1n) is 7.83. The van der Waals surface area contributed by atoms with Crippen LogP contribution in [0.4, 0.5) is 16.2 Å². The smallest absolute Gasteiger partial charge is 0.224 e. The molecule has 1 aliphatic carbocycles. The predicted octanol–water partition coefficient (Wildman–Crippen LogP) is 1.92. The molecule has 0 unspecified atom stereocenters. The van der Waals surface area contributed by atoms with Crippen molar-refractivity contribution in [1.82, 2.24) is 19.9 Å². The maximum Gasteiger partial charge on any atom is 0.224 e. The Hall–Kier alpha value is -2.31. The summed E-state index contributed by atoms with van der Waals surface area (Å²) in [6, 6.07) is 0. The second kappa shape index (κ2) is 6.44. The lowest BCUT2D eigenvalue weighted by Crippen LogP contribution is -2.16. The van der Waals surface area contributed by atoms with Crippen molar-refractivity contribution in [1.29, 1.82) is 0 Å². The Bertz CT molecular complexity index is 716. The minimum atomic E-state index is -0.432. The van der Waals surface area contributed by atoms with Crippen molar-refractivity contribution < 1.29 is 4.39 Å². The highest BCUT2D eigenvalue weighted by Gasteiger charge is 2.16. The Labute approximate surface area is 135 Å². The molecule has 2 aromatic rings. The van der Waals surface area contributed by atoms with E-state index >= 15 is 0 Å². The van der Waals surface area contributed by atoms with Gasteiger partial charge in [0.05, 0.1) is 6.20 Å². The van der Waals surface area contributed by atoms with E-state index in [9.17, 15) is 4.39 Å². The van der Waals surface area contributed by atoms with Crippen LogP contribution < -0.4 is 10.2 Å². The summed E-state index contributed by atoms with van der Waals surface area (Å²) in [5.41, 5.74) is 3.61. The summed E-state index contributed by atoms with van der Waals surface area (Å²) < 4.78 is 13.6. The topological polar surface area (TPSA) is 66.8 Å². The van der Waals surface area contributed by atoms with Crippen molar-refractivity contribution in [3.8, 4) is 0 Å². The molecule has 0 atom stereocenters. The highest BCUT2D eigenvalue weighted by Crippen LogP contribution is 2.22. The van der Waals surface area contributed by atoms with Crippen molar-refractivity contribution in [2.45, 2.75) is 32.6 Å². The molecule has 7 heteroatoms. The lowest BCUT2D eigenvalue weighted by Gasteiger charge is -2.13. The Morgan fingerprint density at radius 2 is 2.04 bits per heavy atom. The summed E-state index contributed by atoms with van der Waals surface area (Å²) >= 11 is 0. The summed E-state index contributed by atoms with van der Waals surface area (Å²) in [7, 11) is 3.49. The van der Waals surface area contributed by atoms with Gasteiger partial charge in [0, 0.05) is 38.4 Å². The molecule has 0 aromatic carbocycles. The zero-order valence-electron chi connectivity index (χ0n) is 13.7. The average Bonchev–Trinajstić information content (AvgIpc) is 2.97. The van der Waals surface area contributed by atoms with E-state index in [1.807, 2.05) is 0 Å². The molecule has 0 bridgehead atoms. The number of halogens is 1. The first kappa shape index (κ1) is 15.6. The van der Waals surface area contributed by atoms with Crippen LogP contribution in [0.5, 0.6) is 0 Å². The Morgan fingerprint density at radius 1 is 1.22 bits per heavy atom. The number of rotatable bonds is 5. The van der Waals surface area contributed by atoms with Crippen LogP contribution >= 0.6 is 0 Å². The number of aryl methyl sites for hydroxylation is 2. The lowest BCUT2D eigenvalue weighted by atomic mass is 10.2. The Balaban J connectivity index is 1.64. The zero-order chi connectivity index (χ0) is 16.4. The normalized spacial score (nSPS) is 13.0. The van der Waals surface area contributed by atoms with E-state index in [1.54, 1.807) is 19.0 Å². The van der Waals surface area contributed by atoms with Gasteiger partial charge in [-0.3, -0.25) is 0 Å². The summed E-state index contributed by atoms with van der Waals surface area (Å²) in [6.45, 7) is 2.66. The number of nitrogens with zero attached hydrogens (tertiary/aromatic N) is 5. The van der Waals surface area contributed by atoms with E-state index in [-0.39, 0.29) is 5.82 Å². The van der Waals surface area contributed by atoms with Crippen molar-refractivity contribution in [2.75, 3.05) is 30.9 Å². The van der Waals surface area contributed by atoms with Crippen LogP contribution in [-0.2, 0) is 19.3 Å². The van der Waals surface area contributed by atoms with E-state index in [1.165, 1.54) is 23.9 Å². The molecule has 6 nitrogen and oxygen atoms in total. The molecule has 1 N–H and O–H groups in total. The number of anilines is 2. The van der Waals surface area contributed by atoms with Crippen LogP contribution in [0, 0.1) is 12.7 Å². The molecule has 0 spiro atoms. The Morgan fingerprint density at radius 3 is 2.83 bits per heavy atom. The van der Waals surface area contributed by atoms with Crippen LogP contribution in [-0.4, -0.2) is 40.6 Å². The van der Waals surface area contributed by atoms with Crippen molar-refractivity contribution in [3.63, 3.8) is 0 Å². The average molecular weight is 316 g/mol. The fourth-order valence-electron chi connectivity index (χ4n) is 2.84. The van der Waals surface area contributed by atoms with Crippen LogP contribution in [0.2, 0.25) is 0 Å². The molecule has 0 radical (unpaired) electrons. The molecule has 23 heavy (non-hydrogen) atoms. The fourth-order valence-corrected chi connectivity index (χ4v) is 2.84. The number of fused-ring (bicyclic) bond motifs is 1. The molecule has 2 heterocycles. The number of aromatic nitrogens is 4. The third-order valence-corrected chi connectivity index (χ3v) is 3.97. The van der Waals surface area contributed by atoms with E-state index < -0.39 is 5.82 Å². The largest absolute Gasteiger partial charge is 0.360 e. The maximum atomic E-state index is 13.6. The molecule has 122 valence electrons. The molecular weight excluding hydrogens is 295 g/mol. The van der Waals surface area contributed by atoms with Gasteiger partial charge in [0.25, 0.3) is 0 Å². The summed E-state index contributed by atoms with van der Waals surface area (Å²) in [6.07, 6.45) is 5.18. The number of hydrogen-bond donors (Lipinski definition) is 1. The highest BCUT2D eigenvalue weighted by atomic mass is 19.1. The van der Waals surface area contributed by atoms with Gasteiger partial charge in [0.15, 0.2) is 11.6 Å². The molecule has 2 aromatic heterocycles. The summed E-state index contributed by atoms with van der Waals surface area (Å²) in [5, 5.41) is 3.11. The van der Waals surface area contributed by atoms with Gasteiger partial charge in [-0.25, -0.2) is 19.3 Å². The van der Waals surface area contributed by atoms with Gasteiger partial charge >= 0.3 is 0 Å². The highest BCUT2D eigenvalue weighted by molar-refractivity contribution is 5.42. The van der Waals surface area contributed by atoms with E-state index in [2.05, 4.69) is 32.2 Å². The second-order valence-electron chi connectivity index (χ2n) is 5.94. The van der Waals surface area contributed by atoms with Crippen LogP contribution in [0.25, 0.3) is 0 Å². The molecule has 0 aliphatic heterocycles. The van der Waals surface area contributed by atoms with Gasteiger partial charge < -0.3 is 10.2 Å². The van der Waals surface area contributed by atoms with Crippen LogP contribution in [0.1, 0.15) is 29.2 Å². The van der Waals surface area contributed by atoms with Crippen LogP contribution in [0.3, 0.4) is 0 Å². The van der Waals surface area contributed by atoms with E-state index in [0.29, 0.717) is 18.9 Å². The monoisotopic (exact) mass is 316 g/mol. The standard InChI is InChI=1S/C16H21FN6/c1-10-11-5-4-6-13(11)21-14(20-10)7-8-18-16-19-9-12(17)15(22-16)23(2)3/h9H,4-8H2,1-3H3,(H,18,19,22). The van der Waals surface area contributed by atoms with E-state index in [4.69, 9.17) is 0 Å². The van der Waals surface area contributed by atoms with Gasteiger partial charge in [-0.05, 0) is 31.7 Å². The van der Waals surface area contributed by atoms with E-state index in [0.717, 1.165) is 24.4 Å². The van der Waals surface area contributed by atoms with Crippen molar-refractivity contribution in [3.05, 3.63) is 34.8 Å². The van der Waals surface area contributed by atoms with Gasteiger partial charge in [-0.1, -0.05) is 0 Å². The molecular formula is C16H21FN6. The number of hydrogen-bond acceptors (Lipinski definition) is 6. The zero-order valence-corrected chi connectivity index (χ0v) is 13.7. The third kappa shape index (κ3) is 3.38. The molecule has 0 saturated carbocycles. The molecule has 1 aliphatic rings. The lowest BCUT2D eigenvalue weighted by molar-refractivity contribution is 0.612. The minimum Gasteiger partial charge on any atom is -0.360 e. The summed E-state index contributed by atoms with van der Waals surface area (Å²) in [5.74, 6) is 1.09. The Kier molecular flexibility index (Phi) is 4.36. The molecule has 0 fully saturated rings. The molecule has 0 amide bonds. The van der Waals surface area contributed by atoms with Gasteiger partial charge in [0.1, 0.15) is 5.82 Å². The first-order valence-corrected chi connectivity index (χ1v) is 7.83. The van der Waals surface area contributed by atoms with Gasteiger partial charge in [-0.2, -0.15) is 4.98 Å². The quantitative estimate of drug-likeness (QED) is 0.909. The van der Waals surface area contributed by atoms with Crippen LogP contribution in [0.15, 0.2) is 6.20 Å². The van der Waals surface area contributed by atoms with Crippen molar-refractivity contribution >= 4 is 11.8 Å².